The predicted molar refractivity (Wildman–Crippen MR) is 101 cm³/mol. The quantitative estimate of drug-likeness (QED) is 0.377. The van der Waals surface area contributed by atoms with Crippen LogP contribution < -0.4 is 19.8 Å². The molecular weight excluding hydrogens is 364 g/mol. The molecule has 144 valence electrons. The van der Waals surface area contributed by atoms with Gasteiger partial charge in [0, 0.05) is 6.92 Å². The smallest absolute Gasteiger partial charge is 0.383 e. The van der Waals surface area contributed by atoms with Crippen molar-refractivity contribution in [3.05, 3.63) is 64.5 Å². The van der Waals surface area contributed by atoms with Crippen LogP contribution in [0.25, 0.3) is 11.0 Å². The van der Waals surface area contributed by atoms with E-state index in [1.54, 1.807) is 50.2 Å². The van der Waals surface area contributed by atoms with E-state index in [1.807, 2.05) is 0 Å². The van der Waals surface area contributed by atoms with Crippen molar-refractivity contribution in [2.45, 2.75) is 26.9 Å². The van der Waals surface area contributed by atoms with Gasteiger partial charge in [-0.2, -0.15) is 0 Å². The molecule has 1 heterocycles. The van der Waals surface area contributed by atoms with Crippen LogP contribution in [-0.2, 0) is 4.79 Å². The van der Waals surface area contributed by atoms with Crippen LogP contribution in [0.1, 0.15) is 31.1 Å². The lowest BCUT2D eigenvalue weighted by atomic mass is 10.2. The van der Waals surface area contributed by atoms with Crippen LogP contribution >= 0.6 is 0 Å². The Morgan fingerprint density at radius 3 is 2.29 bits per heavy atom. The number of carbonyl (C=O) groups is 2. The molecule has 7 heteroatoms. The molecule has 3 rings (SSSR count). The summed E-state index contributed by atoms with van der Waals surface area (Å²) in [6.45, 7) is 4.74. The Bertz CT molecular complexity index is 1080. The molecule has 3 aromatic rings. The number of carbonyl (C=O) groups excluding carboxylic acids is 2. The van der Waals surface area contributed by atoms with Gasteiger partial charge in [-0.05, 0) is 38.1 Å². The van der Waals surface area contributed by atoms with E-state index in [1.165, 1.54) is 19.1 Å². The zero-order valence-electron chi connectivity index (χ0n) is 15.6. The van der Waals surface area contributed by atoms with Crippen LogP contribution in [0.4, 0.5) is 0 Å². The largest absolute Gasteiger partial charge is 0.486 e. The molecule has 0 unspecified atom stereocenters. The van der Waals surface area contributed by atoms with Crippen molar-refractivity contribution >= 4 is 22.9 Å². The van der Waals surface area contributed by atoms with E-state index in [0.717, 1.165) is 0 Å². The van der Waals surface area contributed by atoms with Crippen LogP contribution in [0.2, 0.25) is 0 Å². The van der Waals surface area contributed by atoms with Gasteiger partial charge in [-0.15, -0.1) is 0 Å². The first-order valence-corrected chi connectivity index (χ1v) is 8.59. The summed E-state index contributed by atoms with van der Waals surface area (Å²) in [5, 5.41) is 0.224. The normalized spacial score (nSPS) is 10.7. The van der Waals surface area contributed by atoms with Gasteiger partial charge in [-0.3, -0.25) is 4.79 Å². The molecule has 0 aliphatic heterocycles. The zero-order valence-corrected chi connectivity index (χ0v) is 15.6. The molecule has 0 spiro atoms. The molecule has 0 fully saturated rings. The Kier molecular flexibility index (Phi) is 5.44. The van der Waals surface area contributed by atoms with E-state index in [-0.39, 0.29) is 34.1 Å². The number of ether oxygens (including phenoxy) is 3. The molecule has 1 aromatic heterocycles. The van der Waals surface area contributed by atoms with Crippen molar-refractivity contribution in [2.75, 3.05) is 0 Å². The highest BCUT2D eigenvalue weighted by molar-refractivity contribution is 5.96. The van der Waals surface area contributed by atoms with E-state index in [0.29, 0.717) is 0 Å². The van der Waals surface area contributed by atoms with Gasteiger partial charge < -0.3 is 18.6 Å². The summed E-state index contributed by atoms with van der Waals surface area (Å²) in [4.78, 5) is 36.4. The fraction of sp³-hybridized carbons (Fsp3) is 0.190. The maximum absolute atomic E-state index is 12.5. The Hall–Kier alpha value is -3.61. The molecule has 0 amide bonds. The summed E-state index contributed by atoms with van der Waals surface area (Å²) in [5.41, 5.74) is -0.489. The number of rotatable bonds is 5. The van der Waals surface area contributed by atoms with Crippen LogP contribution in [-0.4, -0.2) is 18.0 Å². The summed E-state index contributed by atoms with van der Waals surface area (Å²) in [5.74, 6) is -1.61. The third-order valence-corrected chi connectivity index (χ3v) is 3.62. The van der Waals surface area contributed by atoms with Crippen molar-refractivity contribution in [1.29, 1.82) is 0 Å². The molecule has 0 atom stereocenters. The predicted octanol–water partition coefficient (Wildman–Crippen LogP) is 3.72. The molecule has 0 saturated heterocycles. The fourth-order valence-corrected chi connectivity index (χ4v) is 2.57. The second kappa shape index (κ2) is 7.96. The minimum atomic E-state index is -0.882. The van der Waals surface area contributed by atoms with Crippen LogP contribution in [0.15, 0.2) is 57.7 Å². The van der Waals surface area contributed by atoms with Crippen molar-refractivity contribution in [3.63, 3.8) is 0 Å². The zero-order chi connectivity index (χ0) is 20.3. The highest BCUT2D eigenvalue weighted by Crippen LogP contribution is 2.39. The second-order valence-electron chi connectivity index (χ2n) is 6.19. The average molecular weight is 382 g/mol. The molecule has 28 heavy (non-hydrogen) atoms. The maximum atomic E-state index is 12.5. The van der Waals surface area contributed by atoms with Gasteiger partial charge >= 0.3 is 17.6 Å². The van der Waals surface area contributed by atoms with Crippen molar-refractivity contribution in [2.24, 2.45) is 0 Å². The lowest BCUT2D eigenvalue weighted by molar-refractivity contribution is -0.131. The third-order valence-electron chi connectivity index (χ3n) is 3.62. The van der Waals surface area contributed by atoms with Gasteiger partial charge in [0.25, 0.3) is 5.75 Å². The number of hydrogen-bond acceptors (Lipinski definition) is 7. The Morgan fingerprint density at radius 1 is 0.929 bits per heavy atom. The van der Waals surface area contributed by atoms with Crippen molar-refractivity contribution in [3.8, 4) is 17.2 Å². The van der Waals surface area contributed by atoms with E-state index < -0.39 is 23.3 Å². The van der Waals surface area contributed by atoms with E-state index in [9.17, 15) is 14.4 Å². The van der Waals surface area contributed by atoms with Crippen LogP contribution in [0, 0.1) is 0 Å². The lowest BCUT2D eigenvalue weighted by Gasteiger charge is -2.16. The summed E-state index contributed by atoms with van der Waals surface area (Å²) >= 11 is 0. The molecule has 0 N–H and O–H groups in total. The summed E-state index contributed by atoms with van der Waals surface area (Å²) in [7, 11) is 0. The SMILES string of the molecule is CC(=O)Oc1cccc2oc(=O)c(OC(=O)c3ccccc3)c(OC(C)C)c12. The van der Waals surface area contributed by atoms with Gasteiger partial charge in [0.2, 0.25) is 0 Å². The lowest BCUT2D eigenvalue weighted by Crippen LogP contribution is -2.18. The van der Waals surface area contributed by atoms with Crippen molar-refractivity contribution in [1.82, 2.24) is 0 Å². The minimum Gasteiger partial charge on any atom is -0.486 e. The standard InChI is InChI=1S/C21H18O7/c1-12(2)25-18-17-15(26-13(3)22)10-7-11-16(17)27-21(24)19(18)28-20(23)14-8-5-4-6-9-14/h4-12H,1-3H3. The van der Waals surface area contributed by atoms with Crippen LogP contribution in [0.3, 0.4) is 0 Å². The molecular formula is C21H18O7. The average Bonchev–Trinajstić information content (AvgIpc) is 2.64. The van der Waals surface area contributed by atoms with Gasteiger partial charge in [0.15, 0.2) is 5.75 Å². The maximum Gasteiger partial charge on any atom is 0.383 e. The first-order valence-electron chi connectivity index (χ1n) is 8.59. The van der Waals surface area contributed by atoms with E-state index >= 15 is 0 Å². The fourth-order valence-electron chi connectivity index (χ4n) is 2.57. The number of benzene rings is 2. The van der Waals surface area contributed by atoms with E-state index in [4.69, 9.17) is 18.6 Å². The van der Waals surface area contributed by atoms with Gasteiger partial charge in [-0.25, -0.2) is 9.59 Å². The highest BCUT2D eigenvalue weighted by Gasteiger charge is 2.25. The Labute approximate surface area is 160 Å². The summed E-state index contributed by atoms with van der Waals surface area (Å²) in [6, 6.07) is 12.8. The van der Waals surface area contributed by atoms with Crippen molar-refractivity contribution < 1.29 is 28.2 Å². The molecule has 0 aliphatic rings. The monoisotopic (exact) mass is 382 g/mol. The van der Waals surface area contributed by atoms with Gasteiger partial charge in [-0.1, -0.05) is 24.3 Å². The molecule has 0 bridgehead atoms. The summed E-state index contributed by atoms with van der Waals surface area (Å²) < 4.78 is 21.6. The molecule has 2 aromatic carbocycles. The molecule has 7 nitrogen and oxygen atoms in total. The first kappa shape index (κ1) is 19.2. The number of esters is 2. The first-order chi connectivity index (χ1) is 13.4. The highest BCUT2D eigenvalue weighted by atomic mass is 16.6. The Morgan fingerprint density at radius 2 is 1.64 bits per heavy atom. The topological polar surface area (TPSA) is 92.0 Å². The molecule has 0 saturated carbocycles. The third kappa shape index (κ3) is 4.03. The Balaban J connectivity index is 2.20. The van der Waals surface area contributed by atoms with Gasteiger partial charge in [0.1, 0.15) is 16.7 Å². The van der Waals surface area contributed by atoms with Gasteiger partial charge in [0.05, 0.1) is 11.7 Å². The number of hydrogen-bond donors (Lipinski definition) is 0. The minimum absolute atomic E-state index is 0.0256. The van der Waals surface area contributed by atoms with E-state index in [2.05, 4.69) is 0 Å². The molecule has 0 radical (unpaired) electrons. The number of fused-ring (bicyclic) bond motifs is 1. The molecule has 0 aliphatic carbocycles. The second-order valence-corrected chi connectivity index (χ2v) is 6.19. The summed E-state index contributed by atoms with van der Waals surface area (Å²) in [6.07, 6.45) is -0.357. The van der Waals surface area contributed by atoms with Crippen LogP contribution in [0.5, 0.6) is 17.2 Å².